The number of carbonyl (C=O) groups is 1. The smallest absolute Gasteiger partial charge is 0.315 e. The van der Waals surface area contributed by atoms with Crippen molar-refractivity contribution in [3.8, 4) is 5.75 Å². The second-order valence-electron chi connectivity index (χ2n) is 5.01. The molecular weight excluding hydrogens is 256 g/mol. The molecule has 0 saturated heterocycles. The summed E-state index contributed by atoms with van der Waals surface area (Å²) in [4.78, 5) is 11.6. The highest BCUT2D eigenvalue weighted by molar-refractivity contribution is 5.74. The molecule has 5 heteroatoms. The van der Waals surface area contributed by atoms with Crippen molar-refractivity contribution in [3.05, 3.63) is 29.8 Å². The number of amides is 2. The van der Waals surface area contributed by atoms with Crippen LogP contribution in [0.5, 0.6) is 5.75 Å². The third-order valence-corrected chi connectivity index (χ3v) is 2.85. The van der Waals surface area contributed by atoms with E-state index in [1.54, 1.807) is 0 Å². The summed E-state index contributed by atoms with van der Waals surface area (Å²) in [5, 5.41) is 14.2. The van der Waals surface area contributed by atoms with Crippen molar-refractivity contribution in [2.75, 3.05) is 13.2 Å². The van der Waals surface area contributed by atoms with E-state index in [0.717, 1.165) is 5.75 Å². The average Bonchev–Trinajstić information content (AvgIpc) is 2.39. The second-order valence-corrected chi connectivity index (χ2v) is 5.01. The van der Waals surface area contributed by atoms with Gasteiger partial charge in [-0.3, -0.25) is 0 Å². The maximum absolute atomic E-state index is 11.6. The van der Waals surface area contributed by atoms with E-state index in [4.69, 9.17) is 9.84 Å². The molecule has 2 amide bonds. The van der Waals surface area contributed by atoms with E-state index in [9.17, 15) is 4.79 Å². The fourth-order valence-electron chi connectivity index (χ4n) is 1.67. The van der Waals surface area contributed by atoms with Gasteiger partial charge in [-0.05, 0) is 39.3 Å². The lowest BCUT2D eigenvalue weighted by molar-refractivity contribution is 0.204. The number of ether oxygens (including phenoxy) is 1. The van der Waals surface area contributed by atoms with E-state index < -0.39 is 0 Å². The third kappa shape index (κ3) is 6.43. The molecule has 0 aliphatic heterocycles. The molecule has 0 heterocycles. The molecule has 0 saturated carbocycles. The van der Waals surface area contributed by atoms with Crippen LogP contribution in [0.25, 0.3) is 0 Å². The predicted molar refractivity (Wildman–Crippen MR) is 79.0 cm³/mol. The van der Waals surface area contributed by atoms with Gasteiger partial charge in [0.1, 0.15) is 11.9 Å². The Bertz CT molecular complexity index is 406. The van der Waals surface area contributed by atoms with E-state index in [0.29, 0.717) is 13.0 Å². The molecule has 0 aliphatic rings. The molecular formula is C15H24N2O3. The normalized spacial score (nSPS) is 13.4. The highest BCUT2D eigenvalue weighted by Crippen LogP contribution is 2.12. The summed E-state index contributed by atoms with van der Waals surface area (Å²) in [6.07, 6.45) is 0.430. The number of aliphatic hydroxyl groups excluding tert-OH is 1. The van der Waals surface area contributed by atoms with Crippen LogP contribution in [0, 0.1) is 6.92 Å². The summed E-state index contributed by atoms with van der Waals surface area (Å²) < 4.78 is 5.69. The van der Waals surface area contributed by atoms with Gasteiger partial charge in [0, 0.05) is 12.6 Å². The standard InChI is InChI=1S/C15H24N2O3/c1-11-4-6-14(7-5-11)20-13(3)10-16-15(19)17-12(2)8-9-18/h4-7,12-13,18H,8-10H2,1-3H3,(H2,16,17,19)/t12-,13?/m1/s1. The first-order chi connectivity index (χ1) is 9.51. The quantitative estimate of drug-likeness (QED) is 0.713. The Morgan fingerprint density at radius 1 is 1.30 bits per heavy atom. The molecule has 3 N–H and O–H groups in total. The topological polar surface area (TPSA) is 70.6 Å². The summed E-state index contributed by atoms with van der Waals surface area (Å²) in [7, 11) is 0. The Balaban J connectivity index is 2.27. The van der Waals surface area contributed by atoms with Crippen LogP contribution in [0.4, 0.5) is 4.79 Å². The largest absolute Gasteiger partial charge is 0.489 e. The van der Waals surface area contributed by atoms with E-state index in [-0.39, 0.29) is 24.8 Å². The monoisotopic (exact) mass is 280 g/mol. The second kappa shape index (κ2) is 8.43. The van der Waals surface area contributed by atoms with Crippen LogP contribution < -0.4 is 15.4 Å². The van der Waals surface area contributed by atoms with Crippen molar-refractivity contribution < 1.29 is 14.6 Å². The number of rotatable bonds is 7. The van der Waals surface area contributed by atoms with Gasteiger partial charge in [0.25, 0.3) is 0 Å². The highest BCUT2D eigenvalue weighted by atomic mass is 16.5. The maximum Gasteiger partial charge on any atom is 0.315 e. The molecule has 0 aliphatic carbocycles. The zero-order chi connectivity index (χ0) is 15.0. The van der Waals surface area contributed by atoms with Gasteiger partial charge in [-0.2, -0.15) is 0 Å². The minimum Gasteiger partial charge on any atom is -0.489 e. The van der Waals surface area contributed by atoms with Gasteiger partial charge in [-0.15, -0.1) is 0 Å². The van der Waals surface area contributed by atoms with Crippen molar-refractivity contribution in [3.63, 3.8) is 0 Å². The van der Waals surface area contributed by atoms with Gasteiger partial charge in [0.15, 0.2) is 0 Å². The molecule has 0 radical (unpaired) electrons. The lowest BCUT2D eigenvalue weighted by atomic mass is 10.2. The lowest BCUT2D eigenvalue weighted by Gasteiger charge is -2.17. The molecule has 0 spiro atoms. The minimum absolute atomic E-state index is 0.0478. The summed E-state index contributed by atoms with van der Waals surface area (Å²) in [5.74, 6) is 0.791. The number of aryl methyl sites for hydroxylation is 1. The van der Waals surface area contributed by atoms with Gasteiger partial charge in [-0.25, -0.2) is 4.79 Å². The molecule has 2 atom stereocenters. The molecule has 1 aromatic carbocycles. The Morgan fingerprint density at radius 3 is 2.55 bits per heavy atom. The molecule has 0 fully saturated rings. The number of carbonyl (C=O) groups excluding carboxylic acids is 1. The molecule has 0 aromatic heterocycles. The van der Waals surface area contributed by atoms with Crippen LogP contribution in [0.1, 0.15) is 25.8 Å². The van der Waals surface area contributed by atoms with Gasteiger partial charge in [0.05, 0.1) is 6.54 Å². The molecule has 0 bridgehead atoms. The van der Waals surface area contributed by atoms with Crippen LogP contribution in [0.15, 0.2) is 24.3 Å². The lowest BCUT2D eigenvalue weighted by Crippen LogP contribution is -2.44. The zero-order valence-corrected chi connectivity index (χ0v) is 12.3. The molecule has 20 heavy (non-hydrogen) atoms. The Morgan fingerprint density at radius 2 is 1.95 bits per heavy atom. The number of hydrogen-bond acceptors (Lipinski definition) is 3. The first kappa shape index (κ1) is 16.3. The van der Waals surface area contributed by atoms with E-state index >= 15 is 0 Å². The summed E-state index contributed by atoms with van der Waals surface area (Å²) >= 11 is 0. The first-order valence-electron chi connectivity index (χ1n) is 6.89. The molecule has 1 rings (SSSR count). The van der Waals surface area contributed by atoms with Crippen molar-refractivity contribution >= 4 is 6.03 Å². The van der Waals surface area contributed by atoms with Gasteiger partial charge in [-0.1, -0.05) is 17.7 Å². The van der Waals surface area contributed by atoms with Crippen LogP contribution >= 0.6 is 0 Å². The Kier molecular flexibility index (Phi) is 6.87. The third-order valence-electron chi connectivity index (χ3n) is 2.85. The molecule has 1 aromatic rings. The SMILES string of the molecule is Cc1ccc(OC(C)CNC(=O)N[C@H](C)CCO)cc1. The van der Waals surface area contributed by atoms with Crippen LogP contribution in [0.2, 0.25) is 0 Å². The van der Waals surface area contributed by atoms with Crippen LogP contribution in [-0.2, 0) is 0 Å². The van der Waals surface area contributed by atoms with E-state index in [1.165, 1.54) is 5.56 Å². The zero-order valence-electron chi connectivity index (χ0n) is 12.3. The Labute approximate surface area is 120 Å². The fraction of sp³-hybridized carbons (Fsp3) is 0.533. The van der Waals surface area contributed by atoms with Crippen molar-refractivity contribution in [2.45, 2.75) is 39.3 Å². The molecule has 112 valence electrons. The Hall–Kier alpha value is -1.75. The number of nitrogens with one attached hydrogen (secondary N) is 2. The fourth-order valence-corrected chi connectivity index (χ4v) is 1.67. The average molecular weight is 280 g/mol. The van der Waals surface area contributed by atoms with E-state index in [1.807, 2.05) is 45.0 Å². The van der Waals surface area contributed by atoms with Gasteiger partial charge in [0.2, 0.25) is 0 Å². The van der Waals surface area contributed by atoms with Gasteiger partial charge < -0.3 is 20.5 Å². The summed E-state index contributed by atoms with van der Waals surface area (Å²) in [6, 6.07) is 7.50. The minimum atomic E-state index is -0.245. The first-order valence-corrected chi connectivity index (χ1v) is 6.89. The summed E-state index contributed by atoms with van der Waals surface area (Å²) in [5.41, 5.74) is 1.18. The van der Waals surface area contributed by atoms with Crippen molar-refractivity contribution in [1.29, 1.82) is 0 Å². The number of urea groups is 1. The maximum atomic E-state index is 11.6. The predicted octanol–water partition coefficient (Wildman–Crippen LogP) is 1.83. The van der Waals surface area contributed by atoms with Gasteiger partial charge >= 0.3 is 6.03 Å². The number of hydrogen-bond donors (Lipinski definition) is 3. The number of aliphatic hydroxyl groups is 1. The summed E-state index contributed by atoms with van der Waals surface area (Å²) in [6.45, 7) is 6.26. The van der Waals surface area contributed by atoms with Crippen molar-refractivity contribution in [1.82, 2.24) is 10.6 Å². The van der Waals surface area contributed by atoms with Crippen molar-refractivity contribution in [2.24, 2.45) is 0 Å². The van der Waals surface area contributed by atoms with E-state index in [2.05, 4.69) is 10.6 Å². The van der Waals surface area contributed by atoms with Crippen LogP contribution in [0.3, 0.4) is 0 Å². The number of benzene rings is 1. The van der Waals surface area contributed by atoms with Crippen LogP contribution in [-0.4, -0.2) is 36.4 Å². The molecule has 5 nitrogen and oxygen atoms in total. The molecule has 1 unspecified atom stereocenters. The highest BCUT2D eigenvalue weighted by Gasteiger charge is 2.09.